The number of hydrogen-bond donors (Lipinski definition) is 1. The van der Waals surface area contributed by atoms with E-state index in [4.69, 9.17) is 14.2 Å². The van der Waals surface area contributed by atoms with Crippen LogP contribution in [0.15, 0.2) is 54.6 Å². The number of methoxy groups -OCH3 is 1. The number of hydrogen-bond acceptors (Lipinski definition) is 6. The van der Waals surface area contributed by atoms with E-state index in [1.54, 1.807) is 36.2 Å². The first kappa shape index (κ1) is 30.1. The number of ether oxygens (including phenoxy) is 3. The van der Waals surface area contributed by atoms with Gasteiger partial charge in [0.15, 0.2) is 5.75 Å². The first-order valence-corrected chi connectivity index (χ1v) is 13.9. The van der Waals surface area contributed by atoms with Crippen molar-refractivity contribution in [1.29, 1.82) is 0 Å². The molecule has 0 aromatic heterocycles. The average molecular weight is 569 g/mol. The van der Waals surface area contributed by atoms with Crippen molar-refractivity contribution in [2.75, 3.05) is 51.9 Å². The van der Waals surface area contributed by atoms with E-state index < -0.39 is 11.6 Å². The van der Waals surface area contributed by atoms with E-state index in [0.29, 0.717) is 62.9 Å². The number of rotatable bonds is 12. The quantitative estimate of drug-likeness (QED) is 0.270. The Labute approximate surface area is 240 Å². The van der Waals surface area contributed by atoms with Gasteiger partial charge in [-0.3, -0.25) is 4.90 Å². The number of alkyl halides is 1. The zero-order chi connectivity index (χ0) is 29.6. The van der Waals surface area contributed by atoms with E-state index in [0.717, 1.165) is 16.7 Å². The number of piperidine rings is 1. The van der Waals surface area contributed by atoms with Crippen molar-refractivity contribution in [2.24, 2.45) is 0 Å². The zero-order valence-corrected chi connectivity index (χ0v) is 24.1. The van der Waals surface area contributed by atoms with Gasteiger partial charge in [-0.2, -0.15) is 0 Å². The number of nitrogens with zero attached hydrogens (tertiary/aromatic N) is 2. The smallest absolute Gasteiger partial charge is 0.339 e. The number of aromatic carboxylic acids is 1. The SMILES string of the molecule is CCOc1cc(CN2CCC(F)(CN(C)c3cccc(C(=O)O)c3OC)CC2)cc(OCC)c1-c1ccc(F)cc1. The summed E-state index contributed by atoms with van der Waals surface area (Å²) in [5, 5.41) is 9.50. The van der Waals surface area contributed by atoms with Crippen molar-refractivity contribution in [3.63, 3.8) is 0 Å². The summed E-state index contributed by atoms with van der Waals surface area (Å²) in [6.07, 6.45) is 0.672. The first-order chi connectivity index (χ1) is 19.7. The van der Waals surface area contributed by atoms with Crippen LogP contribution in [0.2, 0.25) is 0 Å². The summed E-state index contributed by atoms with van der Waals surface area (Å²) in [5.74, 6) is 0.149. The minimum atomic E-state index is -1.44. The van der Waals surface area contributed by atoms with E-state index >= 15 is 4.39 Å². The summed E-state index contributed by atoms with van der Waals surface area (Å²) in [4.78, 5) is 15.5. The van der Waals surface area contributed by atoms with Crippen molar-refractivity contribution in [3.8, 4) is 28.4 Å². The fourth-order valence-electron chi connectivity index (χ4n) is 5.42. The highest BCUT2D eigenvalue weighted by atomic mass is 19.1. The second-order valence-corrected chi connectivity index (χ2v) is 10.3. The molecule has 0 atom stereocenters. The molecule has 0 amide bonds. The minimum Gasteiger partial charge on any atom is -0.494 e. The lowest BCUT2D eigenvalue weighted by molar-refractivity contribution is 0.0610. The summed E-state index contributed by atoms with van der Waals surface area (Å²) < 4.78 is 47.0. The molecule has 0 unspecified atom stereocenters. The molecule has 1 N–H and O–H groups in total. The number of likely N-dealkylation sites (tertiary alicyclic amines) is 1. The third-order valence-corrected chi connectivity index (χ3v) is 7.38. The van der Waals surface area contributed by atoms with Gasteiger partial charge in [-0.15, -0.1) is 0 Å². The highest BCUT2D eigenvalue weighted by Crippen LogP contribution is 2.41. The van der Waals surface area contributed by atoms with E-state index in [1.165, 1.54) is 25.3 Å². The number of carbonyl (C=O) groups is 1. The predicted octanol–water partition coefficient (Wildman–Crippen LogP) is 6.44. The average Bonchev–Trinajstić information content (AvgIpc) is 2.95. The number of halogens is 2. The normalized spacial score (nSPS) is 14.9. The predicted molar refractivity (Wildman–Crippen MR) is 156 cm³/mol. The van der Waals surface area contributed by atoms with Crippen LogP contribution in [0, 0.1) is 5.82 Å². The van der Waals surface area contributed by atoms with Crippen LogP contribution in [0.3, 0.4) is 0 Å². The summed E-state index contributed by atoms with van der Waals surface area (Å²) >= 11 is 0. The molecule has 0 saturated carbocycles. The summed E-state index contributed by atoms with van der Waals surface area (Å²) in [6, 6.07) is 15.1. The second-order valence-electron chi connectivity index (χ2n) is 10.3. The van der Waals surface area contributed by atoms with Crippen molar-refractivity contribution < 1.29 is 32.9 Å². The maximum absolute atomic E-state index is 16.0. The van der Waals surface area contributed by atoms with Gasteiger partial charge < -0.3 is 24.2 Å². The van der Waals surface area contributed by atoms with Gasteiger partial charge in [-0.05, 0) is 74.2 Å². The standard InChI is InChI=1S/C32H38F2N2O5/c1-5-40-27-18-22(19-28(41-6-2)29(27)23-10-12-24(33)13-11-23)20-36-16-14-32(34,15-17-36)21-35(3)26-9-7-8-25(31(37)38)30(26)39-4/h7-13,18-19H,5-6,14-17,20-21H2,1-4H3,(H,37,38). The Hall–Kier alpha value is -3.85. The molecule has 0 aliphatic carbocycles. The van der Waals surface area contributed by atoms with Gasteiger partial charge in [0.2, 0.25) is 0 Å². The van der Waals surface area contributed by atoms with Crippen LogP contribution in [0.5, 0.6) is 17.2 Å². The molecular formula is C32H38F2N2O5. The Morgan fingerprint density at radius 1 is 1.02 bits per heavy atom. The van der Waals surface area contributed by atoms with Crippen LogP contribution in [0.1, 0.15) is 42.6 Å². The topological polar surface area (TPSA) is 71.5 Å². The molecule has 3 aromatic carbocycles. The molecule has 3 aromatic rings. The fraction of sp³-hybridized carbons (Fsp3) is 0.406. The van der Waals surface area contributed by atoms with Crippen LogP contribution < -0.4 is 19.1 Å². The molecule has 9 heteroatoms. The largest absolute Gasteiger partial charge is 0.494 e. The third-order valence-electron chi connectivity index (χ3n) is 7.38. The Kier molecular flexibility index (Phi) is 9.70. The number of carboxylic acid groups (broad SMARTS) is 1. The van der Waals surface area contributed by atoms with Crippen molar-refractivity contribution in [2.45, 2.75) is 38.9 Å². The van der Waals surface area contributed by atoms with Gasteiger partial charge in [-0.1, -0.05) is 18.2 Å². The van der Waals surface area contributed by atoms with E-state index in [2.05, 4.69) is 4.90 Å². The molecule has 4 rings (SSSR count). The highest BCUT2D eigenvalue weighted by molar-refractivity contribution is 5.93. The Bertz CT molecular complexity index is 1310. The molecule has 1 saturated heterocycles. The van der Waals surface area contributed by atoms with Crippen molar-refractivity contribution >= 4 is 11.7 Å². The monoisotopic (exact) mass is 568 g/mol. The van der Waals surface area contributed by atoms with Crippen molar-refractivity contribution in [3.05, 3.63) is 71.5 Å². The summed E-state index contributed by atoms with van der Waals surface area (Å²) in [5.41, 5.74) is 1.72. The molecule has 0 radical (unpaired) electrons. The minimum absolute atomic E-state index is 0.0443. The molecule has 220 valence electrons. The number of anilines is 1. The summed E-state index contributed by atoms with van der Waals surface area (Å²) in [7, 11) is 3.17. The highest BCUT2D eigenvalue weighted by Gasteiger charge is 2.36. The molecule has 0 spiro atoms. The molecule has 1 fully saturated rings. The Morgan fingerprint density at radius 3 is 2.17 bits per heavy atom. The molecule has 1 heterocycles. The maximum atomic E-state index is 16.0. The van der Waals surface area contributed by atoms with Gasteiger partial charge in [0, 0.05) is 26.7 Å². The number of para-hydroxylation sites is 1. The molecular weight excluding hydrogens is 530 g/mol. The van der Waals surface area contributed by atoms with Crippen LogP contribution >= 0.6 is 0 Å². The molecule has 7 nitrogen and oxygen atoms in total. The van der Waals surface area contributed by atoms with Crippen LogP contribution in [-0.4, -0.2) is 68.7 Å². The van der Waals surface area contributed by atoms with Crippen molar-refractivity contribution in [1.82, 2.24) is 4.90 Å². The van der Waals surface area contributed by atoms with Gasteiger partial charge >= 0.3 is 5.97 Å². The third kappa shape index (κ3) is 7.08. The maximum Gasteiger partial charge on any atom is 0.339 e. The lowest BCUT2D eigenvalue weighted by Crippen LogP contribution is -2.47. The van der Waals surface area contributed by atoms with E-state index in [1.807, 2.05) is 26.0 Å². The van der Waals surface area contributed by atoms with Crippen LogP contribution in [0.4, 0.5) is 14.5 Å². The molecule has 1 aliphatic rings. The Morgan fingerprint density at radius 2 is 1.63 bits per heavy atom. The second kappa shape index (κ2) is 13.2. The lowest BCUT2D eigenvalue weighted by atomic mass is 9.92. The Balaban J connectivity index is 1.48. The van der Waals surface area contributed by atoms with Gasteiger partial charge in [0.1, 0.15) is 28.5 Å². The number of benzene rings is 3. The lowest BCUT2D eigenvalue weighted by Gasteiger charge is -2.39. The van der Waals surface area contributed by atoms with Gasteiger partial charge in [0.05, 0.1) is 38.1 Å². The molecule has 41 heavy (non-hydrogen) atoms. The van der Waals surface area contributed by atoms with Crippen LogP contribution in [0.25, 0.3) is 11.1 Å². The van der Waals surface area contributed by atoms with E-state index in [9.17, 15) is 14.3 Å². The van der Waals surface area contributed by atoms with Gasteiger partial charge in [0.25, 0.3) is 0 Å². The molecule has 0 bridgehead atoms. The summed E-state index contributed by atoms with van der Waals surface area (Å²) in [6.45, 7) is 6.60. The van der Waals surface area contributed by atoms with Gasteiger partial charge in [-0.25, -0.2) is 13.6 Å². The molecule has 1 aliphatic heterocycles. The number of carboxylic acids is 1. The van der Waals surface area contributed by atoms with E-state index in [-0.39, 0.29) is 23.7 Å². The first-order valence-electron chi connectivity index (χ1n) is 13.9. The zero-order valence-electron chi connectivity index (χ0n) is 24.1. The fourth-order valence-corrected chi connectivity index (χ4v) is 5.42. The van der Waals surface area contributed by atoms with Crippen LogP contribution in [-0.2, 0) is 6.54 Å².